The molecule has 0 bridgehead atoms. The lowest BCUT2D eigenvalue weighted by Gasteiger charge is -2.11. The molecule has 0 aliphatic rings. The minimum Gasteiger partial charge on any atom is -0.314 e. The number of hydrogen-bond acceptors (Lipinski definition) is 1. The van der Waals surface area contributed by atoms with E-state index in [1.165, 1.54) is 0 Å². The summed E-state index contributed by atoms with van der Waals surface area (Å²) in [4.78, 5) is 11.9. The Labute approximate surface area is 139 Å². The molecular weight excluding hydrogens is 319 g/mol. The molecule has 2 rings (SSSR count). The first-order valence-corrected chi connectivity index (χ1v) is 7.47. The van der Waals surface area contributed by atoms with Crippen LogP contribution in [0.2, 0.25) is 10.0 Å². The standard InChI is InChI=1S/C17H16Cl2N2O/c1-11-8-12(2)16(15(19)9-11)21-17(22)20-7-6-13-4-3-5-14(18)10-13/h3-10H,1-2H3,(H2,20,21,22)/b7-6+. The lowest BCUT2D eigenvalue weighted by Crippen LogP contribution is -2.24. The molecule has 0 unspecified atom stereocenters. The summed E-state index contributed by atoms with van der Waals surface area (Å²) in [5, 5.41) is 6.55. The number of aryl methyl sites for hydroxylation is 2. The Hall–Kier alpha value is -1.97. The quantitative estimate of drug-likeness (QED) is 0.774. The molecule has 3 nitrogen and oxygen atoms in total. The van der Waals surface area contributed by atoms with Crippen molar-refractivity contribution in [3.05, 3.63) is 69.3 Å². The molecule has 0 fully saturated rings. The highest BCUT2D eigenvalue weighted by Crippen LogP contribution is 2.27. The molecular formula is C17H16Cl2N2O. The lowest BCUT2D eigenvalue weighted by molar-refractivity contribution is 0.255. The zero-order valence-corrected chi connectivity index (χ0v) is 13.8. The van der Waals surface area contributed by atoms with Crippen molar-refractivity contribution >= 4 is 41.0 Å². The summed E-state index contributed by atoms with van der Waals surface area (Å²) in [7, 11) is 0. The Kier molecular flexibility index (Phi) is 5.47. The molecule has 2 aromatic rings. The Balaban J connectivity index is 1.99. The van der Waals surface area contributed by atoms with Gasteiger partial charge in [0.2, 0.25) is 0 Å². The third-order valence-corrected chi connectivity index (χ3v) is 3.54. The maximum Gasteiger partial charge on any atom is 0.323 e. The number of hydrogen-bond donors (Lipinski definition) is 2. The van der Waals surface area contributed by atoms with Crippen molar-refractivity contribution in [1.29, 1.82) is 0 Å². The van der Waals surface area contributed by atoms with E-state index >= 15 is 0 Å². The average Bonchev–Trinajstić information content (AvgIpc) is 2.43. The highest BCUT2D eigenvalue weighted by atomic mass is 35.5. The largest absolute Gasteiger partial charge is 0.323 e. The number of benzene rings is 2. The first-order chi connectivity index (χ1) is 10.5. The second-order valence-corrected chi connectivity index (χ2v) is 5.77. The van der Waals surface area contributed by atoms with Gasteiger partial charge in [-0.3, -0.25) is 0 Å². The number of urea groups is 1. The van der Waals surface area contributed by atoms with Crippen LogP contribution in [-0.2, 0) is 0 Å². The fourth-order valence-electron chi connectivity index (χ4n) is 2.05. The average molecular weight is 335 g/mol. The first kappa shape index (κ1) is 16.4. The molecule has 0 spiro atoms. The van der Waals surface area contributed by atoms with Crippen molar-refractivity contribution < 1.29 is 4.79 Å². The SMILES string of the molecule is Cc1cc(C)c(NC(=O)N/C=C/c2cccc(Cl)c2)c(Cl)c1. The fraction of sp³-hybridized carbons (Fsp3) is 0.118. The molecule has 5 heteroatoms. The molecule has 0 atom stereocenters. The van der Waals surface area contributed by atoms with Crippen LogP contribution >= 0.6 is 23.2 Å². The first-order valence-electron chi connectivity index (χ1n) is 6.72. The van der Waals surface area contributed by atoms with Gasteiger partial charge in [-0.25, -0.2) is 4.79 Å². The summed E-state index contributed by atoms with van der Waals surface area (Å²) >= 11 is 12.0. The second-order valence-electron chi connectivity index (χ2n) is 4.93. The molecule has 0 aliphatic heterocycles. The Morgan fingerprint density at radius 2 is 1.91 bits per heavy atom. The molecule has 0 saturated carbocycles. The molecule has 0 aromatic heterocycles. The maximum absolute atomic E-state index is 11.9. The summed E-state index contributed by atoms with van der Waals surface area (Å²) < 4.78 is 0. The van der Waals surface area contributed by atoms with Crippen molar-refractivity contribution in [2.75, 3.05) is 5.32 Å². The van der Waals surface area contributed by atoms with Gasteiger partial charge in [0, 0.05) is 11.2 Å². The topological polar surface area (TPSA) is 41.1 Å². The van der Waals surface area contributed by atoms with Crippen LogP contribution in [0.3, 0.4) is 0 Å². The highest BCUT2D eigenvalue weighted by molar-refractivity contribution is 6.34. The van der Waals surface area contributed by atoms with Gasteiger partial charge in [-0.1, -0.05) is 41.4 Å². The molecule has 0 aliphatic carbocycles. The Bertz CT molecular complexity index is 703. The van der Waals surface area contributed by atoms with Crippen LogP contribution in [0.5, 0.6) is 0 Å². The predicted octanol–water partition coefficient (Wildman–Crippen LogP) is 5.40. The van der Waals surface area contributed by atoms with Gasteiger partial charge in [-0.05, 0) is 54.8 Å². The number of nitrogens with one attached hydrogen (secondary N) is 2. The molecule has 2 aromatic carbocycles. The Morgan fingerprint density at radius 3 is 2.59 bits per heavy atom. The van der Waals surface area contributed by atoms with Crippen LogP contribution in [0.4, 0.5) is 10.5 Å². The zero-order valence-electron chi connectivity index (χ0n) is 12.3. The van der Waals surface area contributed by atoms with Crippen LogP contribution in [0.1, 0.15) is 16.7 Å². The minimum atomic E-state index is -0.355. The van der Waals surface area contributed by atoms with Crippen LogP contribution in [-0.4, -0.2) is 6.03 Å². The summed E-state index contributed by atoms with van der Waals surface area (Å²) in [6.45, 7) is 3.85. The molecule has 0 radical (unpaired) electrons. The van der Waals surface area contributed by atoms with Gasteiger partial charge in [0.15, 0.2) is 0 Å². The van der Waals surface area contributed by atoms with E-state index in [-0.39, 0.29) is 6.03 Å². The third-order valence-electron chi connectivity index (χ3n) is 3.01. The molecule has 22 heavy (non-hydrogen) atoms. The second kappa shape index (κ2) is 7.34. The van der Waals surface area contributed by atoms with E-state index in [1.54, 1.807) is 24.4 Å². The van der Waals surface area contributed by atoms with Crippen LogP contribution in [0, 0.1) is 13.8 Å². The van der Waals surface area contributed by atoms with Crippen LogP contribution < -0.4 is 10.6 Å². The van der Waals surface area contributed by atoms with E-state index in [2.05, 4.69) is 10.6 Å². The van der Waals surface area contributed by atoms with Gasteiger partial charge in [0.1, 0.15) is 0 Å². The van der Waals surface area contributed by atoms with E-state index in [9.17, 15) is 4.79 Å². The van der Waals surface area contributed by atoms with Crippen molar-refractivity contribution in [1.82, 2.24) is 5.32 Å². The van der Waals surface area contributed by atoms with Gasteiger partial charge in [-0.15, -0.1) is 0 Å². The zero-order chi connectivity index (χ0) is 16.1. The lowest BCUT2D eigenvalue weighted by atomic mass is 10.1. The molecule has 0 saturated heterocycles. The third kappa shape index (κ3) is 4.52. The van der Waals surface area contributed by atoms with Crippen molar-refractivity contribution in [2.45, 2.75) is 13.8 Å². The van der Waals surface area contributed by atoms with E-state index in [1.807, 2.05) is 38.1 Å². The fourth-order valence-corrected chi connectivity index (χ4v) is 2.61. The predicted molar refractivity (Wildman–Crippen MR) is 93.6 cm³/mol. The van der Waals surface area contributed by atoms with E-state index in [4.69, 9.17) is 23.2 Å². The maximum atomic E-state index is 11.9. The van der Waals surface area contributed by atoms with Gasteiger partial charge < -0.3 is 10.6 Å². The minimum absolute atomic E-state index is 0.355. The molecule has 0 heterocycles. The molecule has 2 N–H and O–H groups in total. The van der Waals surface area contributed by atoms with Gasteiger partial charge in [-0.2, -0.15) is 0 Å². The van der Waals surface area contributed by atoms with Gasteiger partial charge >= 0.3 is 6.03 Å². The van der Waals surface area contributed by atoms with E-state index < -0.39 is 0 Å². The van der Waals surface area contributed by atoms with Crippen molar-refractivity contribution in [2.24, 2.45) is 0 Å². The van der Waals surface area contributed by atoms with E-state index in [0.29, 0.717) is 15.7 Å². The van der Waals surface area contributed by atoms with Crippen molar-refractivity contribution in [3.8, 4) is 0 Å². The number of halogens is 2. The van der Waals surface area contributed by atoms with Crippen LogP contribution in [0.25, 0.3) is 6.08 Å². The number of amides is 2. The van der Waals surface area contributed by atoms with E-state index in [0.717, 1.165) is 16.7 Å². The number of carbonyl (C=O) groups is 1. The summed E-state index contributed by atoms with van der Waals surface area (Å²) in [6.07, 6.45) is 3.31. The summed E-state index contributed by atoms with van der Waals surface area (Å²) in [6, 6.07) is 10.8. The normalized spacial score (nSPS) is 10.7. The highest BCUT2D eigenvalue weighted by Gasteiger charge is 2.08. The number of carbonyl (C=O) groups excluding carboxylic acids is 1. The molecule has 2 amide bonds. The molecule has 114 valence electrons. The van der Waals surface area contributed by atoms with Gasteiger partial charge in [0.25, 0.3) is 0 Å². The van der Waals surface area contributed by atoms with Crippen molar-refractivity contribution in [3.63, 3.8) is 0 Å². The number of anilines is 1. The summed E-state index contributed by atoms with van der Waals surface area (Å²) in [5.41, 5.74) is 3.48. The number of rotatable bonds is 3. The summed E-state index contributed by atoms with van der Waals surface area (Å²) in [5.74, 6) is 0. The van der Waals surface area contributed by atoms with Crippen LogP contribution in [0.15, 0.2) is 42.6 Å². The monoisotopic (exact) mass is 334 g/mol. The van der Waals surface area contributed by atoms with Gasteiger partial charge in [0.05, 0.1) is 10.7 Å². The smallest absolute Gasteiger partial charge is 0.314 e. The Morgan fingerprint density at radius 1 is 1.14 bits per heavy atom.